The van der Waals surface area contributed by atoms with Gasteiger partial charge in [0.05, 0.1) is 11.8 Å². The number of halogens is 3. The van der Waals surface area contributed by atoms with Crippen LogP contribution in [-0.4, -0.2) is 11.3 Å². The largest absolute Gasteiger partial charge is 0.573 e. The molecule has 0 radical (unpaired) electrons. The van der Waals surface area contributed by atoms with Crippen molar-refractivity contribution >= 4 is 0 Å². The zero-order valence-corrected chi connectivity index (χ0v) is 9.89. The number of hydrogen-bond donors (Lipinski definition) is 0. The summed E-state index contributed by atoms with van der Waals surface area (Å²) in [5, 5.41) is 8.88. The maximum Gasteiger partial charge on any atom is 0.573 e. The standard InChI is InChI=1S/C13H7F3N2O2/c14-13(15,16)20-11-4-2-1-3-10(11)19-12-8-18-6-5-9(12)7-17/h1-6,8H. The summed E-state index contributed by atoms with van der Waals surface area (Å²) in [4.78, 5) is 3.75. The summed E-state index contributed by atoms with van der Waals surface area (Å²) in [6.07, 6.45) is -2.21. The number of aromatic nitrogens is 1. The van der Waals surface area contributed by atoms with E-state index >= 15 is 0 Å². The molecule has 2 aromatic rings. The van der Waals surface area contributed by atoms with Gasteiger partial charge in [-0.25, -0.2) is 0 Å². The minimum absolute atomic E-state index is 0.0493. The van der Waals surface area contributed by atoms with Crippen LogP contribution in [0.4, 0.5) is 13.2 Å². The lowest BCUT2D eigenvalue weighted by atomic mass is 10.2. The summed E-state index contributed by atoms with van der Waals surface area (Å²) in [7, 11) is 0. The number of rotatable bonds is 3. The van der Waals surface area contributed by atoms with Crippen LogP contribution in [0.5, 0.6) is 17.2 Å². The summed E-state index contributed by atoms with van der Waals surface area (Å²) in [5.74, 6) is -0.602. The summed E-state index contributed by atoms with van der Waals surface area (Å²) in [5.41, 5.74) is 0.154. The second kappa shape index (κ2) is 5.48. The van der Waals surface area contributed by atoms with Crippen LogP contribution in [0.1, 0.15) is 5.56 Å². The van der Waals surface area contributed by atoms with E-state index in [0.29, 0.717) is 0 Å². The molecule has 0 fully saturated rings. The molecule has 0 bridgehead atoms. The number of nitriles is 1. The minimum Gasteiger partial charge on any atom is -0.450 e. The normalized spacial score (nSPS) is 10.7. The Balaban J connectivity index is 2.32. The Labute approximate surface area is 112 Å². The van der Waals surface area contributed by atoms with Crippen molar-refractivity contribution in [3.63, 3.8) is 0 Å². The quantitative estimate of drug-likeness (QED) is 0.861. The fourth-order valence-electron chi connectivity index (χ4n) is 1.42. The molecule has 0 aliphatic heterocycles. The molecule has 1 aromatic heterocycles. The van der Waals surface area contributed by atoms with Crippen molar-refractivity contribution in [2.24, 2.45) is 0 Å². The highest BCUT2D eigenvalue weighted by atomic mass is 19.4. The van der Waals surface area contributed by atoms with Gasteiger partial charge in [0.1, 0.15) is 6.07 Å². The van der Waals surface area contributed by atoms with Crippen LogP contribution in [0.15, 0.2) is 42.7 Å². The molecule has 0 spiro atoms. The second-order valence-corrected chi connectivity index (χ2v) is 3.58. The predicted molar refractivity (Wildman–Crippen MR) is 62.2 cm³/mol. The Kier molecular flexibility index (Phi) is 3.75. The molecule has 20 heavy (non-hydrogen) atoms. The van der Waals surface area contributed by atoms with E-state index in [1.165, 1.54) is 36.7 Å². The Bertz CT molecular complexity index is 651. The van der Waals surface area contributed by atoms with Crippen molar-refractivity contribution < 1.29 is 22.6 Å². The highest BCUT2D eigenvalue weighted by molar-refractivity contribution is 5.47. The SMILES string of the molecule is N#Cc1ccncc1Oc1ccccc1OC(F)(F)F. The molecule has 0 aliphatic carbocycles. The maximum absolute atomic E-state index is 12.3. The van der Waals surface area contributed by atoms with Gasteiger partial charge in [-0.3, -0.25) is 4.98 Å². The molecule has 0 saturated carbocycles. The molecule has 1 aromatic carbocycles. The molecule has 0 unspecified atom stereocenters. The van der Waals surface area contributed by atoms with E-state index in [4.69, 9.17) is 10.00 Å². The van der Waals surface area contributed by atoms with Crippen LogP contribution in [-0.2, 0) is 0 Å². The van der Waals surface area contributed by atoms with E-state index in [0.717, 1.165) is 6.07 Å². The second-order valence-electron chi connectivity index (χ2n) is 3.58. The lowest BCUT2D eigenvalue weighted by Crippen LogP contribution is -2.17. The first-order valence-electron chi connectivity index (χ1n) is 5.36. The lowest BCUT2D eigenvalue weighted by molar-refractivity contribution is -0.275. The fraction of sp³-hybridized carbons (Fsp3) is 0.0769. The summed E-state index contributed by atoms with van der Waals surface area (Å²) >= 11 is 0. The molecular formula is C13H7F3N2O2. The summed E-state index contributed by atoms with van der Waals surface area (Å²) in [6.45, 7) is 0. The van der Waals surface area contributed by atoms with Gasteiger partial charge >= 0.3 is 6.36 Å². The smallest absolute Gasteiger partial charge is 0.450 e. The molecule has 4 nitrogen and oxygen atoms in total. The van der Waals surface area contributed by atoms with Crippen molar-refractivity contribution in [3.8, 4) is 23.3 Å². The van der Waals surface area contributed by atoms with Crippen LogP contribution < -0.4 is 9.47 Å². The van der Waals surface area contributed by atoms with Crippen LogP contribution in [0.2, 0.25) is 0 Å². The number of alkyl halides is 3. The maximum atomic E-state index is 12.3. The lowest BCUT2D eigenvalue weighted by Gasteiger charge is -2.13. The van der Waals surface area contributed by atoms with Crippen molar-refractivity contribution in [2.45, 2.75) is 6.36 Å². The Morgan fingerprint density at radius 2 is 1.75 bits per heavy atom. The van der Waals surface area contributed by atoms with E-state index in [9.17, 15) is 13.2 Å². The molecular weight excluding hydrogens is 273 g/mol. The minimum atomic E-state index is -4.83. The summed E-state index contributed by atoms with van der Waals surface area (Å²) < 4.78 is 45.9. The van der Waals surface area contributed by atoms with Crippen LogP contribution in [0.25, 0.3) is 0 Å². The molecule has 0 atom stereocenters. The topological polar surface area (TPSA) is 55.1 Å². The molecule has 0 saturated heterocycles. The van der Waals surface area contributed by atoms with Gasteiger partial charge in [-0.2, -0.15) is 5.26 Å². The molecule has 0 N–H and O–H groups in total. The highest BCUT2D eigenvalue weighted by Gasteiger charge is 2.32. The van der Waals surface area contributed by atoms with Crippen molar-refractivity contribution in [2.75, 3.05) is 0 Å². The summed E-state index contributed by atoms with van der Waals surface area (Å²) in [6, 6.07) is 8.53. The molecule has 0 amide bonds. The van der Waals surface area contributed by atoms with E-state index in [-0.39, 0.29) is 17.1 Å². The number of pyridine rings is 1. The number of para-hydroxylation sites is 2. The number of hydrogen-bond acceptors (Lipinski definition) is 4. The number of nitrogens with zero attached hydrogens (tertiary/aromatic N) is 2. The first kappa shape index (κ1) is 13.7. The molecule has 102 valence electrons. The van der Waals surface area contributed by atoms with Gasteiger partial charge in [-0.15, -0.1) is 13.2 Å². The van der Waals surface area contributed by atoms with Gasteiger partial charge < -0.3 is 9.47 Å². The molecule has 0 aliphatic rings. The average Bonchev–Trinajstić information content (AvgIpc) is 2.40. The average molecular weight is 280 g/mol. The third kappa shape index (κ3) is 3.38. The van der Waals surface area contributed by atoms with Gasteiger partial charge in [-0.05, 0) is 18.2 Å². The van der Waals surface area contributed by atoms with Crippen LogP contribution in [0, 0.1) is 11.3 Å². The van der Waals surface area contributed by atoms with Crippen LogP contribution in [0.3, 0.4) is 0 Å². The van der Waals surface area contributed by atoms with E-state index in [1.807, 2.05) is 6.07 Å². The Morgan fingerprint density at radius 3 is 2.40 bits per heavy atom. The van der Waals surface area contributed by atoms with Crippen molar-refractivity contribution in [3.05, 3.63) is 48.3 Å². The van der Waals surface area contributed by atoms with Gasteiger partial charge in [-0.1, -0.05) is 12.1 Å². The van der Waals surface area contributed by atoms with E-state index in [1.54, 1.807) is 0 Å². The number of ether oxygens (including phenoxy) is 2. The zero-order valence-electron chi connectivity index (χ0n) is 9.89. The highest BCUT2D eigenvalue weighted by Crippen LogP contribution is 2.35. The first-order chi connectivity index (χ1) is 9.49. The monoisotopic (exact) mass is 280 g/mol. The van der Waals surface area contributed by atoms with Gasteiger partial charge in [0, 0.05) is 6.20 Å². The third-order valence-electron chi connectivity index (χ3n) is 2.20. The van der Waals surface area contributed by atoms with Crippen molar-refractivity contribution in [1.82, 2.24) is 4.98 Å². The van der Waals surface area contributed by atoms with Crippen molar-refractivity contribution in [1.29, 1.82) is 5.26 Å². The zero-order chi connectivity index (χ0) is 14.6. The molecule has 1 heterocycles. The van der Waals surface area contributed by atoms with Gasteiger partial charge in [0.2, 0.25) is 0 Å². The van der Waals surface area contributed by atoms with Gasteiger partial charge in [0.15, 0.2) is 17.2 Å². The third-order valence-corrected chi connectivity index (χ3v) is 2.20. The van der Waals surface area contributed by atoms with E-state index in [2.05, 4.69) is 9.72 Å². The van der Waals surface area contributed by atoms with Gasteiger partial charge in [0.25, 0.3) is 0 Å². The Morgan fingerprint density at radius 1 is 1.05 bits per heavy atom. The van der Waals surface area contributed by atoms with E-state index < -0.39 is 12.1 Å². The first-order valence-corrected chi connectivity index (χ1v) is 5.36. The fourth-order valence-corrected chi connectivity index (χ4v) is 1.42. The van der Waals surface area contributed by atoms with Crippen LogP contribution >= 0.6 is 0 Å². The Hall–Kier alpha value is -2.75. The molecule has 2 rings (SSSR count). The molecule has 7 heteroatoms. The predicted octanol–water partition coefficient (Wildman–Crippen LogP) is 3.64. The number of benzene rings is 1.